The first kappa shape index (κ1) is 15.7. The van der Waals surface area contributed by atoms with Gasteiger partial charge in [0.05, 0.1) is 4.88 Å². The third-order valence-electron chi connectivity index (χ3n) is 3.18. The van der Waals surface area contributed by atoms with Crippen LogP contribution in [0.2, 0.25) is 0 Å². The zero-order valence-electron chi connectivity index (χ0n) is 12.4. The molecule has 1 aromatic carbocycles. The molecule has 3 rings (SSSR count). The number of amides is 2. The first-order valence-corrected chi connectivity index (χ1v) is 7.96. The van der Waals surface area contributed by atoms with Crippen LogP contribution in [0.3, 0.4) is 0 Å². The Balaban J connectivity index is 1.72. The van der Waals surface area contributed by atoms with Gasteiger partial charge in [-0.3, -0.25) is 9.59 Å². The zero-order valence-corrected chi connectivity index (χ0v) is 13.2. The maximum Gasteiger partial charge on any atom is 0.321 e. The summed E-state index contributed by atoms with van der Waals surface area (Å²) >= 11 is 1.34. The van der Waals surface area contributed by atoms with E-state index in [1.807, 2.05) is 5.38 Å². The lowest BCUT2D eigenvalue weighted by atomic mass is 10.2. The summed E-state index contributed by atoms with van der Waals surface area (Å²) in [4.78, 5) is 24.8. The predicted octanol–water partition coefficient (Wildman–Crippen LogP) is 2.89. The summed E-state index contributed by atoms with van der Waals surface area (Å²) in [6.45, 7) is 0. The molecule has 0 bridgehead atoms. The van der Waals surface area contributed by atoms with Gasteiger partial charge in [0.2, 0.25) is 0 Å². The maximum atomic E-state index is 12.1. The number of nitrogens with zero attached hydrogens (tertiary/aromatic N) is 1. The van der Waals surface area contributed by atoms with Crippen LogP contribution in [0.1, 0.15) is 20.2 Å². The molecular formula is C17H13N3O3S. The second-order valence-corrected chi connectivity index (χ2v) is 5.83. The van der Waals surface area contributed by atoms with Crippen LogP contribution in [0.15, 0.2) is 66.2 Å². The number of nitrogens with one attached hydrogen (secondary N) is 2. The van der Waals surface area contributed by atoms with Crippen molar-refractivity contribution < 1.29 is 14.3 Å². The van der Waals surface area contributed by atoms with Crippen molar-refractivity contribution in [3.8, 4) is 0 Å². The van der Waals surface area contributed by atoms with Crippen molar-refractivity contribution in [2.45, 2.75) is 0 Å². The average molecular weight is 339 g/mol. The summed E-state index contributed by atoms with van der Waals surface area (Å²) in [6.07, 6.45) is 1.26. The Morgan fingerprint density at radius 2 is 1.67 bits per heavy atom. The lowest BCUT2D eigenvalue weighted by Crippen LogP contribution is -2.36. The van der Waals surface area contributed by atoms with Crippen molar-refractivity contribution in [1.82, 2.24) is 0 Å². The molecule has 7 heteroatoms. The highest BCUT2D eigenvalue weighted by molar-refractivity contribution is 7.12. The zero-order chi connectivity index (χ0) is 16.9. The third-order valence-corrected chi connectivity index (χ3v) is 4.05. The van der Waals surface area contributed by atoms with E-state index in [9.17, 15) is 14.8 Å². The summed E-state index contributed by atoms with van der Waals surface area (Å²) in [6, 6.07) is 14.9. The Morgan fingerprint density at radius 3 is 2.33 bits per heavy atom. The predicted molar refractivity (Wildman–Crippen MR) is 92.1 cm³/mol. The molecule has 0 unspecified atom stereocenters. The van der Waals surface area contributed by atoms with Crippen LogP contribution in [0, 0.1) is 5.21 Å². The molecule has 120 valence electrons. The topological polar surface area (TPSA) is 85.1 Å². The van der Waals surface area contributed by atoms with Gasteiger partial charge in [-0.15, -0.1) is 11.3 Å². The van der Waals surface area contributed by atoms with Crippen LogP contribution in [0.4, 0.5) is 11.4 Å². The molecule has 0 aliphatic heterocycles. The number of benzene rings is 1. The summed E-state index contributed by atoms with van der Waals surface area (Å²) in [7, 11) is 0. The van der Waals surface area contributed by atoms with Gasteiger partial charge in [0.1, 0.15) is 0 Å². The number of aromatic nitrogens is 1. The van der Waals surface area contributed by atoms with E-state index in [4.69, 9.17) is 0 Å². The van der Waals surface area contributed by atoms with Gasteiger partial charge in [0.15, 0.2) is 6.20 Å². The van der Waals surface area contributed by atoms with Gasteiger partial charge >= 0.3 is 5.91 Å². The molecule has 0 radical (unpaired) electrons. The highest BCUT2D eigenvalue weighted by Crippen LogP contribution is 2.18. The van der Waals surface area contributed by atoms with E-state index >= 15 is 0 Å². The Hall–Kier alpha value is -3.19. The molecule has 0 atom stereocenters. The average Bonchev–Trinajstić information content (AvgIpc) is 3.10. The molecule has 2 aromatic heterocycles. The molecule has 6 nitrogen and oxygen atoms in total. The summed E-state index contributed by atoms with van der Waals surface area (Å²) in [5, 5.41) is 18.8. The molecule has 2 heterocycles. The first-order chi connectivity index (χ1) is 11.6. The van der Waals surface area contributed by atoms with Crippen LogP contribution >= 0.6 is 11.3 Å². The van der Waals surface area contributed by atoms with E-state index in [1.165, 1.54) is 23.6 Å². The van der Waals surface area contributed by atoms with Gasteiger partial charge in [0, 0.05) is 23.5 Å². The van der Waals surface area contributed by atoms with Gasteiger partial charge in [-0.2, -0.15) is 4.73 Å². The maximum absolute atomic E-state index is 12.1. The number of hydrogen-bond acceptors (Lipinski definition) is 4. The SMILES string of the molecule is O=C(Nc1cccc(NC(=O)c2cccc[n+]2[O-])c1)c1cccs1. The van der Waals surface area contributed by atoms with Gasteiger partial charge in [0.25, 0.3) is 11.6 Å². The molecule has 0 saturated carbocycles. The minimum atomic E-state index is -0.521. The number of rotatable bonds is 4. The van der Waals surface area contributed by atoms with E-state index in [0.29, 0.717) is 21.0 Å². The summed E-state index contributed by atoms with van der Waals surface area (Å²) in [5.74, 6) is -0.735. The van der Waals surface area contributed by atoms with Crippen LogP contribution in [0.5, 0.6) is 0 Å². The number of carbonyl (C=O) groups is 2. The van der Waals surface area contributed by atoms with E-state index in [0.717, 1.165) is 0 Å². The van der Waals surface area contributed by atoms with Gasteiger partial charge in [-0.1, -0.05) is 12.1 Å². The number of hydrogen-bond donors (Lipinski definition) is 2. The summed E-state index contributed by atoms with van der Waals surface area (Å²) in [5.41, 5.74) is 1.02. The molecule has 0 saturated heterocycles. The molecule has 2 N–H and O–H groups in total. The molecule has 0 spiro atoms. The van der Waals surface area contributed by atoms with E-state index in [1.54, 1.807) is 48.5 Å². The van der Waals surface area contributed by atoms with Crippen LogP contribution in [-0.2, 0) is 0 Å². The highest BCUT2D eigenvalue weighted by Gasteiger charge is 2.15. The second-order valence-electron chi connectivity index (χ2n) is 4.88. The number of thiophene rings is 1. The minimum absolute atomic E-state index is 0.00877. The monoisotopic (exact) mass is 339 g/mol. The van der Waals surface area contributed by atoms with Crippen molar-refractivity contribution in [3.63, 3.8) is 0 Å². The number of pyridine rings is 1. The van der Waals surface area contributed by atoms with Crippen LogP contribution in [-0.4, -0.2) is 11.8 Å². The quantitative estimate of drug-likeness (QED) is 0.566. The Labute approximate surface area is 142 Å². The molecule has 0 fully saturated rings. The smallest absolute Gasteiger partial charge is 0.321 e. The fourth-order valence-electron chi connectivity index (χ4n) is 2.07. The van der Waals surface area contributed by atoms with Crippen molar-refractivity contribution in [2.24, 2.45) is 0 Å². The first-order valence-electron chi connectivity index (χ1n) is 7.08. The van der Waals surface area contributed by atoms with E-state index in [-0.39, 0.29) is 11.6 Å². The van der Waals surface area contributed by atoms with Gasteiger partial charge in [-0.25, -0.2) is 0 Å². The third kappa shape index (κ3) is 3.58. The van der Waals surface area contributed by atoms with Gasteiger partial charge < -0.3 is 15.8 Å². The lowest BCUT2D eigenvalue weighted by molar-refractivity contribution is -0.607. The van der Waals surface area contributed by atoms with Crippen molar-refractivity contribution in [3.05, 3.63) is 82.0 Å². The van der Waals surface area contributed by atoms with Gasteiger partial charge in [-0.05, 0) is 35.7 Å². The Bertz CT molecular complexity index is 878. The molecule has 0 aliphatic carbocycles. The summed E-state index contributed by atoms with van der Waals surface area (Å²) < 4.78 is 0.498. The highest BCUT2D eigenvalue weighted by atomic mass is 32.1. The second kappa shape index (κ2) is 6.93. The van der Waals surface area contributed by atoms with Crippen molar-refractivity contribution in [1.29, 1.82) is 0 Å². The normalized spacial score (nSPS) is 10.2. The molecule has 2 amide bonds. The minimum Gasteiger partial charge on any atom is -0.618 e. The fraction of sp³-hybridized carbons (Fsp3) is 0. The fourth-order valence-corrected chi connectivity index (χ4v) is 2.69. The Morgan fingerprint density at radius 1 is 0.917 bits per heavy atom. The van der Waals surface area contributed by atoms with E-state index in [2.05, 4.69) is 10.6 Å². The molecule has 0 aliphatic rings. The van der Waals surface area contributed by atoms with E-state index < -0.39 is 5.91 Å². The molecule has 3 aromatic rings. The number of carbonyl (C=O) groups excluding carboxylic acids is 2. The Kier molecular flexibility index (Phi) is 4.53. The molecular weight excluding hydrogens is 326 g/mol. The van der Waals surface area contributed by atoms with Crippen molar-refractivity contribution in [2.75, 3.05) is 10.6 Å². The number of anilines is 2. The van der Waals surface area contributed by atoms with Crippen molar-refractivity contribution >= 4 is 34.5 Å². The van der Waals surface area contributed by atoms with Crippen LogP contribution < -0.4 is 15.4 Å². The van der Waals surface area contributed by atoms with Crippen LogP contribution in [0.25, 0.3) is 0 Å². The molecule has 24 heavy (non-hydrogen) atoms. The largest absolute Gasteiger partial charge is 0.618 e. The standard InChI is InChI=1S/C17H13N3O3S/c21-16(14-7-1-2-9-20(14)23)18-12-5-3-6-13(11-12)19-17(22)15-8-4-10-24-15/h1-11H,(H,18,21)(H,19,22). The lowest BCUT2D eigenvalue weighted by Gasteiger charge is -2.08.